The fourth-order valence-corrected chi connectivity index (χ4v) is 8.41. The smallest absolute Gasteiger partial charge is 0.210 e. The lowest BCUT2D eigenvalue weighted by Gasteiger charge is -2.57. The van der Waals surface area contributed by atoms with Gasteiger partial charge in [-0.25, -0.2) is 0 Å². The second-order valence-corrected chi connectivity index (χ2v) is 12.2. The highest BCUT2D eigenvalue weighted by Crippen LogP contribution is 2.64. The largest absolute Gasteiger partial charge is 0.492 e. The minimum Gasteiger partial charge on any atom is -0.492 e. The summed E-state index contributed by atoms with van der Waals surface area (Å²) >= 11 is 0. The fourth-order valence-electron chi connectivity index (χ4n) is 8.41. The van der Waals surface area contributed by atoms with Crippen molar-refractivity contribution in [2.45, 2.75) is 81.7 Å². The van der Waals surface area contributed by atoms with Crippen molar-refractivity contribution >= 4 is 0 Å². The minimum absolute atomic E-state index is 0.436. The van der Waals surface area contributed by atoms with E-state index in [1.54, 1.807) is 0 Å². The standard InChI is InChI=1S/C29H41NO5/c1-3-24(23-4-6-27(7-5-23)32-14-11-30-9-2-12-31-13-10-30)20-28(8-1)33-29(35-34-28)25-16-21-15-22(18-25)19-26(29)17-21/h4-7,21-22,24-26H,1-3,8-20H2/t21?,22?,24-,25?,26?,28-,29?/m1/s1. The van der Waals surface area contributed by atoms with Gasteiger partial charge in [-0.15, -0.1) is 0 Å². The van der Waals surface area contributed by atoms with E-state index in [4.69, 9.17) is 24.0 Å². The molecule has 8 rings (SSSR count). The Bertz CT molecular complexity index is 854. The van der Waals surface area contributed by atoms with Crippen molar-refractivity contribution in [1.82, 2.24) is 4.90 Å². The van der Waals surface area contributed by atoms with E-state index in [9.17, 15) is 0 Å². The van der Waals surface area contributed by atoms with Gasteiger partial charge >= 0.3 is 0 Å². The lowest BCUT2D eigenvalue weighted by atomic mass is 9.53. The van der Waals surface area contributed by atoms with Crippen LogP contribution in [0.2, 0.25) is 0 Å². The normalized spacial score (nSPS) is 43.1. The molecule has 5 aliphatic carbocycles. The van der Waals surface area contributed by atoms with Gasteiger partial charge in [-0.3, -0.25) is 4.90 Å². The molecular formula is C29H41NO5. The minimum atomic E-state index is -0.565. The van der Waals surface area contributed by atoms with Crippen molar-refractivity contribution in [1.29, 1.82) is 0 Å². The van der Waals surface area contributed by atoms with E-state index in [0.29, 0.717) is 17.8 Å². The van der Waals surface area contributed by atoms with E-state index < -0.39 is 11.6 Å². The molecule has 2 atom stereocenters. The Morgan fingerprint density at radius 1 is 0.886 bits per heavy atom. The van der Waals surface area contributed by atoms with Crippen molar-refractivity contribution in [3.63, 3.8) is 0 Å². The second-order valence-electron chi connectivity index (χ2n) is 12.2. The lowest BCUT2D eigenvalue weighted by Crippen LogP contribution is -2.59. The first kappa shape index (κ1) is 23.0. The number of benzene rings is 1. The van der Waals surface area contributed by atoms with Crippen LogP contribution >= 0.6 is 0 Å². The summed E-state index contributed by atoms with van der Waals surface area (Å²) in [4.78, 5) is 14.9. The molecular weight excluding hydrogens is 442 g/mol. The molecule has 0 aromatic heterocycles. The molecule has 7 fully saturated rings. The molecule has 6 heteroatoms. The first-order valence-corrected chi connectivity index (χ1v) is 14.3. The summed E-state index contributed by atoms with van der Waals surface area (Å²) in [6, 6.07) is 8.75. The van der Waals surface area contributed by atoms with Gasteiger partial charge < -0.3 is 14.2 Å². The van der Waals surface area contributed by atoms with Gasteiger partial charge in [-0.2, -0.15) is 9.78 Å². The molecule has 35 heavy (non-hydrogen) atoms. The van der Waals surface area contributed by atoms with Crippen molar-refractivity contribution in [3.8, 4) is 5.75 Å². The summed E-state index contributed by atoms with van der Waals surface area (Å²) in [5.41, 5.74) is 1.36. The van der Waals surface area contributed by atoms with E-state index in [1.165, 1.54) is 44.1 Å². The number of hydrogen-bond acceptors (Lipinski definition) is 6. The molecule has 2 saturated heterocycles. The summed E-state index contributed by atoms with van der Waals surface area (Å²) in [6.07, 6.45) is 11.7. The zero-order chi connectivity index (χ0) is 23.3. The zero-order valence-corrected chi connectivity index (χ0v) is 21.0. The van der Waals surface area contributed by atoms with Crippen LogP contribution in [0.1, 0.15) is 75.7 Å². The van der Waals surface area contributed by atoms with Crippen molar-refractivity contribution < 1.29 is 24.0 Å². The summed E-state index contributed by atoms with van der Waals surface area (Å²) in [7, 11) is 0. The summed E-state index contributed by atoms with van der Waals surface area (Å²) in [5, 5.41) is 0. The molecule has 4 bridgehead atoms. The quantitative estimate of drug-likeness (QED) is 0.532. The van der Waals surface area contributed by atoms with Crippen molar-refractivity contribution in [2.75, 3.05) is 39.5 Å². The number of rotatable bonds is 5. The van der Waals surface area contributed by atoms with Gasteiger partial charge in [0.15, 0.2) is 0 Å². The Hall–Kier alpha value is -1.18. The van der Waals surface area contributed by atoms with E-state index in [0.717, 1.165) is 82.7 Å². The van der Waals surface area contributed by atoms with Gasteiger partial charge in [0, 0.05) is 50.9 Å². The van der Waals surface area contributed by atoms with Crippen LogP contribution in [-0.2, 0) is 19.2 Å². The fraction of sp³-hybridized carbons (Fsp3) is 0.793. The topological polar surface area (TPSA) is 49.4 Å². The van der Waals surface area contributed by atoms with E-state index in [2.05, 4.69) is 29.2 Å². The molecule has 0 radical (unpaired) electrons. The third-order valence-electron chi connectivity index (χ3n) is 9.96. The lowest BCUT2D eigenvalue weighted by molar-refractivity contribution is -0.390. The maximum absolute atomic E-state index is 6.97. The first-order valence-electron chi connectivity index (χ1n) is 14.3. The molecule has 0 N–H and O–H groups in total. The second kappa shape index (κ2) is 9.29. The molecule has 2 aliphatic heterocycles. The number of nitrogens with zero attached hydrogens (tertiary/aromatic N) is 1. The Balaban J connectivity index is 0.968. The summed E-state index contributed by atoms with van der Waals surface area (Å²) < 4.78 is 18.6. The monoisotopic (exact) mass is 483 g/mol. The molecule has 0 unspecified atom stereocenters. The van der Waals surface area contributed by atoms with Crippen LogP contribution in [0.3, 0.4) is 0 Å². The van der Waals surface area contributed by atoms with Crippen LogP contribution < -0.4 is 4.74 Å². The number of ether oxygens (including phenoxy) is 3. The molecule has 2 spiro atoms. The predicted octanol–water partition coefficient (Wildman–Crippen LogP) is 5.27. The third kappa shape index (κ3) is 4.33. The average molecular weight is 484 g/mol. The Labute approximate surface area is 209 Å². The van der Waals surface area contributed by atoms with Crippen LogP contribution in [0.4, 0.5) is 0 Å². The van der Waals surface area contributed by atoms with Crippen molar-refractivity contribution in [3.05, 3.63) is 29.8 Å². The maximum Gasteiger partial charge on any atom is 0.210 e. The molecule has 0 amide bonds. The van der Waals surface area contributed by atoms with E-state index >= 15 is 0 Å². The summed E-state index contributed by atoms with van der Waals surface area (Å²) in [5.74, 6) is 3.19. The third-order valence-corrected chi connectivity index (χ3v) is 9.96. The SMILES string of the molecule is c1cc([C@@H]2CCC[C@]3(C2)OOC2(O3)C3CC4CC(C3)CC2C4)ccc1OCCN1CCCOCC1. The van der Waals surface area contributed by atoms with Crippen LogP contribution in [0.25, 0.3) is 0 Å². The molecule has 1 aromatic rings. The highest BCUT2D eigenvalue weighted by atomic mass is 17.3. The van der Waals surface area contributed by atoms with E-state index in [-0.39, 0.29) is 0 Å². The van der Waals surface area contributed by atoms with Gasteiger partial charge in [0.1, 0.15) is 12.4 Å². The summed E-state index contributed by atoms with van der Waals surface area (Å²) in [6.45, 7) is 5.49. The van der Waals surface area contributed by atoms with Crippen LogP contribution in [0.5, 0.6) is 5.75 Å². The molecule has 2 heterocycles. The number of hydrogen-bond donors (Lipinski definition) is 0. The van der Waals surface area contributed by atoms with Crippen molar-refractivity contribution in [2.24, 2.45) is 23.7 Å². The van der Waals surface area contributed by atoms with Crippen LogP contribution in [-0.4, -0.2) is 55.9 Å². The van der Waals surface area contributed by atoms with Gasteiger partial charge in [0.2, 0.25) is 11.6 Å². The van der Waals surface area contributed by atoms with Gasteiger partial charge in [-0.05, 0) is 86.8 Å². The Morgan fingerprint density at radius 2 is 1.69 bits per heavy atom. The highest BCUT2D eigenvalue weighted by Gasteiger charge is 2.67. The highest BCUT2D eigenvalue weighted by molar-refractivity contribution is 5.30. The van der Waals surface area contributed by atoms with Gasteiger partial charge in [0.25, 0.3) is 0 Å². The van der Waals surface area contributed by atoms with Gasteiger partial charge in [0.05, 0.1) is 6.61 Å². The Kier molecular flexibility index (Phi) is 6.10. The van der Waals surface area contributed by atoms with Crippen LogP contribution in [0, 0.1) is 23.7 Å². The van der Waals surface area contributed by atoms with E-state index in [1.807, 2.05) is 0 Å². The van der Waals surface area contributed by atoms with Gasteiger partial charge in [-0.1, -0.05) is 12.1 Å². The Morgan fingerprint density at radius 3 is 2.49 bits per heavy atom. The van der Waals surface area contributed by atoms with Crippen LogP contribution in [0.15, 0.2) is 24.3 Å². The molecule has 6 nitrogen and oxygen atoms in total. The first-order chi connectivity index (χ1) is 17.2. The maximum atomic E-state index is 6.97. The molecule has 1 aromatic carbocycles. The average Bonchev–Trinajstić information content (AvgIpc) is 3.04. The molecule has 5 saturated carbocycles. The molecule has 192 valence electrons. The molecule has 7 aliphatic rings. The zero-order valence-electron chi connectivity index (χ0n) is 21.0. The predicted molar refractivity (Wildman–Crippen MR) is 131 cm³/mol.